The monoisotopic (exact) mass is 431 g/mol. The largest absolute Gasteiger partial charge is 0.479 e. The molecule has 1 atom stereocenters. The fourth-order valence-corrected chi connectivity index (χ4v) is 3.25. The summed E-state index contributed by atoms with van der Waals surface area (Å²) in [6.07, 6.45) is 3.93. The molecule has 0 saturated heterocycles. The number of hydrogen-bond donors (Lipinski definition) is 1. The van der Waals surface area contributed by atoms with E-state index in [-0.39, 0.29) is 35.8 Å². The lowest BCUT2D eigenvalue weighted by Crippen LogP contribution is -2.26. The Morgan fingerprint density at radius 2 is 1.78 bits per heavy atom. The van der Waals surface area contributed by atoms with Gasteiger partial charge in [0.2, 0.25) is 0 Å². The lowest BCUT2D eigenvalue weighted by molar-refractivity contribution is -0.386. The number of furan rings is 1. The lowest BCUT2D eigenvalue weighted by atomic mass is 10.1. The van der Waals surface area contributed by atoms with Gasteiger partial charge in [0.05, 0.1) is 11.0 Å². The Bertz CT molecular complexity index is 1210. The fourth-order valence-electron chi connectivity index (χ4n) is 3.25. The first-order chi connectivity index (χ1) is 15.5. The standard InChI is InChI=1S/C24H21N3O5/c1-17(18-8-10-19(11-9-18)26-14-4-5-15-26)25-24(28)23-13-12-20(32-23)16-31-22-7-3-2-6-21(22)27(29)30/h2-15,17H,16H2,1H3,(H,25,28). The molecule has 1 N–H and O–H groups in total. The van der Waals surface area contributed by atoms with Gasteiger partial charge in [-0.1, -0.05) is 24.3 Å². The molecule has 4 rings (SSSR count). The minimum atomic E-state index is -0.511. The van der Waals surface area contributed by atoms with Gasteiger partial charge in [-0.05, 0) is 55.0 Å². The average Bonchev–Trinajstić information content (AvgIpc) is 3.50. The van der Waals surface area contributed by atoms with E-state index in [2.05, 4.69) is 5.32 Å². The summed E-state index contributed by atoms with van der Waals surface area (Å²) in [6, 6.07) is 20.9. The molecule has 162 valence electrons. The molecule has 32 heavy (non-hydrogen) atoms. The molecular formula is C24H21N3O5. The molecule has 8 heteroatoms. The smallest absolute Gasteiger partial charge is 0.310 e. The van der Waals surface area contributed by atoms with Crippen molar-refractivity contribution in [2.45, 2.75) is 19.6 Å². The first kappa shape index (κ1) is 20.9. The maximum Gasteiger partial charge on any atom is 0.310 e. The number of carbonyl (C=O) groups is 1. The number of ether oxygens (including phenoxy) is 1. The van der Waals surface area contributed by atoms with E-state index in [1.807, 2.05) is 60.3 Å². The summed E-state index contributed by atoms with van der Waals surface area (Å²) in [5.41, 5.74) is 1.86. The third-order valence-corrected chi connectivity index (χ3v) is 4.96. The van der Waals surface area contributed by atoms with Crippen molar-refractivity contribution in [3.05, 3.63) is 112 Å². The number of amides is 1. The first-order valence-corrected chi connectivity index (χ1v) is 10.0. The number of rotatable bonds is 8. The van der Waals surface area contributed by atoms with Crippen LogP contribution in [0.15, 0.2) is 89.6 Å². The predicted octanol–water partition coefficient (Wildman–Crippen LogP) is 5.05. The van der Waals surface area contributed by atoms with E-state index in [1.165, 1.54) is 12.1 Å². The van der Waals surface area contributed by atoms with Gasteiger partial charge in [-0.3, -0.25) is 14.9 Å². The van der Waals surface area contributed by atoms with Crippen LogP contribution in [0.3, 0.4) is 0 Å². The van der Waals surface area contributed by atoms with E-state index in [0.717, 1.165) is 11.3 Å². The molecular weight excluding hydrogens is 410 g/mol. The normalized spacial score (nSPS) is 11.7. The van der Waals surface area contributed by atoms with Crippen LogP contribution in [0.2, 0.25) is 0 Å². The van der Waals surface area contributed by atoms with Gasteiger partial charge in [0.1, 0.15) is 12.4 Å². The number of nitro benzene ring substituents is 1. The summed E-state index contributed by atoms with van der Waals surface area (Å²) in [7, 11) is 0. The van der Waals surface area contributed by atoms with Crippen molar-refractivity contribution in [3.8, 4) is 11.4 Å². The van der Waals surface area contributed by atoms with Gasteiger partial charge in [0.15, 0.2) is 11.5 Å². The number of para-hydroxylation sites is 2. The van der Waals surface area contributed by atoms with Crippen LogP contribution in [0.4, 0.5) is 5.69 Å². The van der Waals surface area contributed by atoms with E-state index < -0.39 is 4.92 Å². The number of nitrogens with one attached hydrogen (secondary N) is 1. The van der Waals surface area contributed by atoms with Gasteiger partial charge >= 0.3 is 5.69 Å². The summed E-state index contributed by atoms with van der Waals surface area (Å²) in [6.45, 7) is 1.86. The molecule has 0 aliphatic rings. The molecule has 4 aromatic rings. The third kappa shape index (κ3) is 4.70. The minimum absolute atomic E-state index is 0.0332. The number of carbonyl (C=O) groups excluding carboxylic acids is 1. The van der Waals surface area contributed by atoms with Crippen LogP contribution in [-0.2, 0) is 6.61 Å². The second kappa shape index (κ2) is 9.22. The van der Waals surface area contributed by atoms with Crippen molar-refractivity contribution in [2.24, 2.45) is 0 Å². The van der Waals surface area contributed by atoms with Crippen molar-refractivity contribution < 1.29 is 18.9 Å². The maximum atomic E-state index is 12.6. The topological polar surface area (TPSA) is 99.5 Å². The zero-order chi connectivity index (χ0) is 22.5. The summed E-state index contributed by atoms with van der Waals surface area (Å²) in [5, 5.41) is 14.0. The highest BCUT2D eigenvalue weighted by molar-refractivity contribution is 5.91. The van der Waals surface area contributed by atoms with Crippen LogP contribution in [0.1, 0.15) is 34.8 Å². The zero-order valence-corrected chi connectivity index (χ0v) is 17.3. The van der Waals surface area contributed by atoms with Crippen LogP contribution >= 0.6 is 0 Å². The van der Waals surface area contributed by atoms with Gasteiger partial charge in [0, 0.05) is 24.1 Å². The Hall–Kier alpha value is -4.33. The molecule has 0 radical (unpaired) electrons. The fraction of sp³-hybridized carbons (Fsp3) is 0.125. The minimum Gasteiger partial charge on any atom is -0.479 e. The molecule has 2 aromatic carbocycles. The van der Waals surface area contributed by atoms with E-state index >= 15 is 0 Å². The Balaban J connectivity index is 1.36. The van der Waals surface area contributed by atoms with Crippen molar-refractivity contribution in [1.82, 2.24) is 9.88 Å². The van der Waals surface area contributed by atoms with Crippen molar-refractivity contribution in [3.63, 3.8) is 0 Å². The van der Waals surface area contributed by atoms with Crippen molar-refractivity contribution in [1.29, 1.82) is 0 Å². The van der Waals surface area contributed by atoms with Crippen LogP contribution in [0.25, 0.3) is 5.69 Å². The molecule has 0 aliphatic carbocycles. The highest BCUT2D eigenvalue weighted by Crippen LogP contribution is 2.27. The molecule has 0 fully saturated rings. The third-order valence-electron chi connectivity index (χ3n) is 4.96. The molecule has 2 heterocycles. The van der Waals surface area contributed by atoms with E-state index in [9.17, 15) is 14.9 Å². The second-order valence-corrected chi connectivity index (χ2v) is 7.16. The quantitative estimate of drug-likeness (QED) is 0.311. The van der Waals surface area contributed by atoms with Crippen LogP contribution in [0, 0.1) is 10.1 Å². The van der Waals surface area contributed by atoms with E-state index in [0.29, 0.717) is 5.76 Å². The highest BCUT2D eigenvalue weighted by Gasteiger charge is 2.17. The molecule has 2 aromatic heterocycles. The Morgan fingerprint density at radius 3 is 2.50 bits per heavy atom. The molecule has 0 spiro atoms. The number of benzene rings is 2. The number of aromatic nitrogens is 1. The molecule has 0 saturated carbocycles. The Kier molecular flexibility index (Phi) is 6.03. The van der Waals surface area contributed by atoms with Gasteiger partial charge < -0.3 is 19.0 Å². The van der Waals surface area contributed by atoms with Crippen LogP contribution in [0.5, 0.6) is 5.75 Å². The number of nitro groups is 1. The summed E-state index contributed by atoms with van der Waals surface area (Å²) in [4.78, 5) is 23.1. The lowest BCUT2D eigenvalue weighted by Gasteiger charge is -2.14. The molecule has 1 unspecified atom stereocenters. The molecule has 1 amide bonds. The predicted molar refractivity (Wildman–Crippen MR) is 118 cm³/mol. The Morgan fingerprint density at radius 1 is 1.06 bits per heavy atom. The van der Waals surface area contributed by atoms with Gasteiger partial charge in [-0.25, -0.2) is 0 Å². The van der Waals surface area contributed by atoms with E-state index in [1.54, 1.807) is 24.3 Å². The number of nitrogens with zero attached hydrogens (tertiary/aromatic N) is 2. The highest BCUT2D eigenvalue weighted by atomic mass is 16.6. The molecule has 8 nitrogen and oxygen atoms in total. The summed E-state index contributed by atoms with van der Waals surface area (Å²) in [5.74, 6) is 0.305. The summed E-state index contributed by atoms with van der Waals surface area (Å²) >= 11 is 0. The Labute approximate surface area is 184 Å². The number of hydrogen-bond acceptors (Lipinski definition) is 5. The van der Waals surface area contributed by atoms with Crippen LogP contribution in [-0.4, -0.2) is 15.4 Å². The zero-order valence-electron chi connectivity index (χ0n) is 17.3. The van der Waals surface area contributed by atoms with Crippen molar-refractivity contribution >= 4 is 11.6 Å². The van der Waals surface area contributed by atoms with Crippen molar-refractivity contribution in [2.75, 3.05) is 0 Å². The maximum absolute atomic E-state index is 12.6. The van der Waals surface area contributed by atoms with Gasteiger partial charge in [-0.15, -0.1) is 0 Å². The average molecular weight is 431 g/mol. The SMILES string of the molecule is CC(NC(=O)c1ccc(COc2ccccc2[N+](=O)[O-])o1)c1ccc(-n2cccc2)cc1. The van der Waals surface area contributed by atoms with Gasteiger partial charge in [0.25, 0.3) is 5.91 Å². The molecule has 0 aliphatic heterocycles. The van der Waals surface area contributed by atoms with Crippen LogP contribution < -0.4 is 10.1 Å². The van der Waals surface area contributed by atoms with E-state index in [4.69, 9.17) is 9.15 Å². The first-order valence-electron chi connectivity index (χ1n) is 10.0. The summed E-state index contributed by atoms with van der Waals surface area (Å²) < 4.78 is 13.1. The second-order valence-electron chi connectivity index (χ2n) is 7.16. The molecule has 0 bridgehead atoms. The van der Waals surface area contributed by atoms with Gasteiger partial charge in [-0.2, -0.15) is 0 Å².